The van der Waals surface area contributed by atoms with Crippen LogP contribution >= 0.6 is 24.8 Å². The summed E-state index contributed by atoms with van der Waals surface area (Å²) in [7, 11) is 8.24. The molecule has 9 nitrogen and oxygen atoms in total. The molecule has 0 amide bonds. The summed E-state index contributed by atoms with van der Waals surface area (Å²) in [5, 5.41) is 0.716. The number of aromatic nitrogens is 3. The van der Waals surface area contributed by atoms with Gasteiger partial charge in [0.1, 0.15) is 5.82 Å². The van der Waals surface area contributed by atoms with Crippen molar-refractivity contribution in [2.24, 2.45) is 7.05 Å². The van der Waals surface area contributed by atoms with E-state index >= 15 is 0 Å². The van der Waals surface area contributed by atoms with Gasteiger partial charge in [0.2, 0.25) is 0 Å². The fourth-order valence-electron chi connectivity index (χ4n) is 4.40. The third kappa shape index (κ3) is 6.32. The lowest BCUT2D eigenvalue weighted by molar-refractivity contribution is 0.0525. The van der Waals surface area contributed by atoms with Crippen molar-refractivity contribution in [1.29, 1.82) is 0 Å². The van der Waals surface area contributed by atoms with Crippen LogP contribution in [0.1, 0.15) is 28.8 Å². The van der Waals surface area contributed by atoms with Crippen LogP contribution in [0.3, 0.4) is 0 Å². The van der Waals surface area contributed by atoms with Crippen LogP contribution in [-0.2, 0) is 24.6 Å². The minimum atomic E-state index is -0.452. The van der Waals surface area contributed by atoms with Crippen LogP contribution in [0.25, 0.3) is 22.0 Å². The Hall–Kier alpha value is -3.69. The fraction of sp³-hybridized carbons (Fsp3) is 0.321. The monoisotopic (exact) mass is 577 g/mol. The molecule has 0 spiro atoms. The molecule has 2 aromatic heterocycles. The van der Waals surface area contributed by atoms with Gasteiger partial charge in [-0.25, -0.2) is 9.78 Å². The zero-order valence-corrected chi connectivity index (χ0v) is 24.4. The van der Waals surface area contributed by atoms with Crippen molar-refractivity contribution in [2.75, 3.05) is 35.0 Å². The molecule has 0 atom stereocenters. The number of halogens is 2. The highest BCUT2D eigenvalue weighted by atomic mass is 35.5. The van der Waals surface area contributed by atoms with Gasteiger partial charge in [0.25, 0.3) is 0 Å². The maximum absolute atomic E-state index is 13.5. The van der Waals surface area contributed by atoms with Gasteiger partial charge in [-0.05, 0) is 37.1 Å². The molecule has 210 valence electrons. The number of nitrogens with zero attached hydrogens (tertiary/aromatic N) is 3. The van der Waals surface area contributed by atoms with E-state index in [1.54, 1.807) is 41.6 Å². The molecule has 4 rings (SSSR count). The summed E-state index contributed by atoms with van der Waals surface area (Å²) in [4.78, 5) is 22.8. The number of fused-ring (bicyclic) bond motifs is 1. The number of hydrogen-bond acceptors (Lipinski definition) is 8. The smallest absolute Gasteiger partial charge is 0.340 e. The van der Waals surface area contributed by atoms with Crippen molar-refractivity contribution in [2.45, 2.75) is 19.8 Å². The summed E-state index contributed by atoms with van der Waals surface area (Å²) in [6.07, 6.45) is 4.71. The molecule has 2 heterocycles. The van der Waals surface area contributed by atoms with E-state index in [1.165, 1.54) is 0 Å². The molecule has 2 aromatic carbocycles. The maximum Gasteiger partial charge on any atom is 0.340 e. The molecule has 0 saturated heterocycles. The fourth-order valence-corrected chi connectivity index (χ4v) is 4.40. The van der Waals surface area contributed by atoms with Gasteiger partial charge < -0.3 is 28.3 Å². The standard InChI is InChI=1S/C28H31N3O6.2ClH/c1-7-37-28(32)27-19(9-11-25-29-12-13-31(25)2)30-20-16-24(36-6)23(35-5)15-18(20)26(27)17-8-10-21(33-3)22(14-17)34-4;;/h8,10,12-16H,7,9,11H2,1-6H3;2*1H. The second-order valence-electron chi connectivity index (χ2n) is 8.28. The molecule has 11 heteroatoms. The highest BCUT2D eigenvalue weighted by molar-refractivity contribution is 6.08. The number of imidazole rings is 1. The average molecular weight is 578 g/mol. The van der Waals surface area contributed by atoms with Crippen LogP contribution < -0.4 is 18.9 Å². The predicted molar refractivity (Wildman–Crippen MR) is 154 cm³/mol. The Balaban J connectivity index is 0.00000267. The summed E-state index contributed by atoms with van der Waals surface area (Å²) in [5.41, 5.74) is 3.07. The lowest BCUT2D eigenvalue weighted by Crippen LogP contribution is -2.14. The molecule has 0 N–H and O–H groups in total. The maximum atomic E-state index is 13.5. The molecule has 39 heavy (non-hydrogen) atoms. The number of rotatable bonds is 10. The van der Waals surface area contributed by atoms with E-state index < -0.39 is 5.97 Å². The van der Waals surface area contributed by atoms with Gasteiger partial charge in [-0.3, -0.25) is 4.98 Å². The van der Waals surface area contributed by atoms with Crippen LogP contribution in [-0.4, -0.2) is 55.6 Å². The van der Waals surface area contributed by atoms with Crippen LogP contribution in [0.5, 0.6) is 23.0 Å². The molecule has 0 aliphatic carbocycles. The molecule has 0 aliphatic rings. The first-order chi connectivity index (χ1) is 17.9. The molecule has 0 bridgehead atoms. The Labute approximate surface area is 240 Å². The predicted octanol–water partition coefficient (Wildman–Crippen LogP) is 5.48. The SMILES string of the molecule is CCOC(=O)c1c(CCc2nccn2C)nc2cc(OC)c(OC)cc2c1-c1ccc(OC)c(OC)c1.Cl.Cl. The normalized spacial score (nSPS) is 10.3. The summed E-state index contributed by atoms with van der Waals surface area (Å²) in [6, 6.07) is 9.19. The average Bonchev–Trinajstić information content (AvgIpc) is 3.34. The molecule has 4 aromatic rings. The molecule has 0 saturated carbocycles. The molecule has 0 fully saturated rings. The van der Waals surface area contributed by atoms with Crippen molar-refractivity contribution >= 4 is 41.7 Å². The number of benzene rings is 2. The van der Waals surface area contributed by atoms with Crippen LogP contribution in [0.4, 0.5) is 0 Å². The number of ether oxygens (including phenoxy) is 5. The van der Waals surface area contributed by atoms with Crippen molar-refractivity contribution in [3.05, 3.63) is 59.8 Å². The summed E-state index contributed by atoms with van der Waals surface area (Å²) < 4.78 is 29.6. The van der Waals surface area contributed by atoms with E-state index in [4.69, 9.17) is 28.7 Å². The van der Waals surface area contributed by atoms with Crippen LogP contribution in [0.2, 0.25) is 0 Å². The highest BCUT2D eigenvalue weighted by Crippen LogP contribution is 2.42. The number of aryl methyl sites for hydroxylation is 3. The van der Waals surface area contributed by atoms with E-state index in [-0.39, 0.29) is 31.4 Å². The lowest BCUT2D eigenvalue weighted by atomic mass is 9.92. The summed E-state index contributed by atoms with van der Waals surface area (Å²) >= 11 is 0. The lowest BCUT2D eigenvalue weighted by Gasteiger charge is -2.19. The second-order valence-corrected chi connectivity index (χ2v) is 8.28. The topological polar surface area (TPSA) is 93.9 Å². The zero-order valence-electron chi connectivity index (χ0n) is 22.8. The van der Waals surface area contributed by atoms with E-state index in [0.29, 0.717) is 63.6 Å². The van der Waals surface area contributed by atoms with Gasteiger partial charge in [-0.1, -0.05) is 6.07 Å². The zero-order chi connectivity index (χ0) is 26.5. The summed E-state index contributed by atoms with van der Waals surface area (Å²) in [6.45, 7) is 2.01. The third-order valence-electron chi connectivity index (χ3n) is 6.22. The minimum Gasteiger partial charge on any atom is -0.493 e. The van der Waals surface area contributed by atoms with Gasteiger partial charge in [0.15, 0.2) is 23.0 Å². The van der Waals surface area contributed by atoms with Crippen molar-refractivity contribution in [1.82, 2.24) is 14.5 Å². The second kappa shape index (κ2) is 13.9. The molecule has 0 unspecified atom stereocenters. The third-order valence-corrected chi connectivity index (χ3v) is 6.22. The Morgan fingerprint density at radius 1 is 0.872 bits per heavy atom. The number of hydrogen-bond donors (Lipinski definition) is 0. The van der Waals surface area contributed by atoms with Gasteiger partial charge >= 0.3 is 5.97 Å². The van der Waals surface area contributed by atoms with Crippen molar-refractivity contribution in [3.63, 3.8) is 0 Å². The van der Waals surface area contributed by atoms with E-state index in [9.17, 15) is 4.79 Å². The molecule has 0 aliphatic heterocycles. The molecule has 0 radical (unpaired) electrons. The summed E-state index contributed by atoms with van der Waals surface area (Å²) in [5.74, 6) is 2.61. The van der Waals surface area contributed by atoms with Crippen LogP contribution in [0.15, 0.2) is 42.7 Å². The van der Waals surface area contributed by atoms with Crippen molar-refractivity contribution in [3.8, 4) is 34.1 Å². The Kier molecular flexibility index (Phi) is 11.2. The minimum absolute atomic E-state index is 0. The van der Waals surface area contributed by atoms with Gasteiger partial charge in [-0.15, -0.1) is 24.8 Å². The number of carbonyl (C=O) groups is 1. The Morgan fingerprint density at radius 2 is 1.51 bits per heavy atom. The molecular weight excluding hydrogens is 545 g/mol. The number of pyridine rings is 1. The van der Waals surface area contributed by atoms with Gasteiger partial charge in [0.05, 0.1) is 51.8 Å². The van der Waals surface area contributed by atoms with Crippen molar-refractivity contribution < 1.29 is 28.5 Å². The number of esters is 1. The van der Waals surface area contributed by atoms with Gasteiger partial charge in [-0.2, -0.15) is 0 Å². The van der Waals surface area contributed by atoms with E-state index in [1.807, 2.05) is 48.1 Å². The van der Waals surface area contributed by atoms with Crippen LogP contribution in [0, 0.1) is 0 Å². The van der Waals surface area contributed by atoms with E-state index in [0.717, 1.165) is 11.4 Å². The van der Waals surface area contributed by atoms with E-state index in [2.05, 4.69) is 4.98 Å². The largest absolute Gasteiger partial charge is 0.493 e. The quantitative estimate of drug-likeness (QED) is 0.229. The number of methoxy groups -OCH3 is 4. The molecular formula is C28H33Cl2N3O6. The Morgan fingerprint density at radius 3 is 2.10 bits per heavy atom. The first-order valence-electron chi connectivity index (χ1n) is 11.9. The first kappa shape index (κ1) is 31.5. The van der Waals surface area contributed by atoms with Gasteiger partial charge in [0, 0.05) is 42.9 Å². The highest BCUT2D eigenvalue weighted by Gasteiger charge is 2.26. The Bertz CT molecular complexity index is 1440. The first-order valence-corrected chi connectivity index (χ1v) is 11.9. The number of carbonyl (C=O) groups excluding carboxylic acids is 1.